The van der Waals surface area contributed by atoms with Crippen molar-refractivity contribution >= 4 is 56.0 Å². The van der Waals surface area contributed by atoms with Crippen LogP contribution >= 0.6 is 38.5 Å². The van der Waals surface area contributed by atoms with Crippen LogP contribution < -0.4 is 4.90 Å². The van der Waals surface area contributed by atoms with Crippen molar-refractivity contribution < 1.29 is 9.59 Å². The average molecular weight is 556 g/mol. The van der Waals surface area contributed by atoms with Crippen LogP contribution in [0, 0.1) is 15.4 Å². The molecule has 3 aliphatic carbocycles. The van der Waals surface area contributed by atoms with Gasteiger partial charge in [-0.2, -0.15) is 0 Å². The zero-order valence-electron chi connectivity index (χ0n) is 15.2. The second kappa shape index (κ2) is 6.01. The molecule has 0 radical (unpaired) electrons. The van der Waals surface area contributed by atoms with E-state index in [4.69, 9.17) is 0 Å². The molecule has 0 saturated carbocycles. The predicted octanol–water partition coefficient (Wildman–Crippen LogP) is 5.19. The fourth-order valence-electron chi connectivity index (χ4n) is 5.55. The van der Waals surface area contributed by atoms with E-state index in [2.05, 4.69) is 62.8 Å². The molecule has 1 heterocycles. The summed E-state index contributed by atoms with van der Waals surface area (Å²) in [6, 6.07) is 24.1. The number of carbonyl (C=O) groups is 2. The molecule has 2 amide bonds. The lowest BCUT2D eigenvalue weighted by Crippen LogP contribution is -2.50. The summed E-state index contributed by atoms with van der Waals surface area (Å²) < 4.78 is 0.307. The Labute approximate surface area is 190 Å². The largest absolute Gasteiger partial charge is 0.274 e. The number of amides is 2. The van der Waals surface area contributed by atoms with Gasteiger partial charge in [0.2, 0.25) is 11.8 Å². The first-order valence-corrected chi connectivity index (χ1v) is 11.4. The summed E-state index contributed by atoms with van der Waals surface area (Å²) in [5.41, 5.74) is 5.17. The Balaban J connectivity index is 1.63. The Morgan fingerprint density at radius 3 is 2.07 bits per heavy atom. The van der Waals surface area contributed by atoms with Crippen molar-refractivity contribution in [3.63, 3.8) is 0 Å². The Kier molecular flexibility index (Phi) is 3.70. The summed E-state index contributed by atoms with van der Waals surface area (Å²) in [6.07, 6.45) is 0. The first-order valence-electron chi connectivity index (χ1n) is 9.54. The zero-order valence-corrected chi connectivity index (χ0v) is 18.9. The predicted molar refractivity (Wildman–Crippen MR) is 123 cm³/mol. The van der Waals surface area contributed by atoms with E-state index in [9.17, 15) is 9.59 Å². The lowest BCUT2D eigenvalue weighted by atomic mass is 9.55. The lowest BCUT2D eigenvalue weighted by molar-refractivity contribution is -0.122. The van der Waals surface area contributed by atoms with Gasteiger partial charge in [0.05, 0.1) is 21.8 Å². The molecule has 0 N–H and O–H groups in total. The van der Waals surface area contributed by atoms with Crippen LogP contribution in [0.15, 0.2) is 72.8 Å². The number of hydrogen-bond donors (Lipinski definition) is 0. The van der Waals surface area contributed by atoms with Gasteiger partial charge >= 0.3 is 0 Å². The van der Waals surface area contributed by atoms with E-state index in [-0.39, 0.29) is 17.7 Å². The van der Waals surface area contributed by atoms with Crippen LogP contribution in [0.5, 0.6) is 0 Å². The molecule has 3 nitrogen and oxygen atoms in total. The van der Waals surface area contributed by atoms with Crippen molar-refractivity contribution in [1.82, 2.24) is 0 Å². The summed E-state index contributed by atoms with van der Waals surface area (Å²) in [5, 5.41) is 0. The molecule has 5 heteroatoms. The quantitative estimate of drug-likeness (QED) is 0.235. The fraction of sp³-hybridized carbons (Fsp3) is 0.167. The van der Waals surface area contributed by atoms with E-state index in [1.165, 1.54) is 4.90 Å². The molecule has 142 valence electrons. The maximum Gasteiger partial charge on any atom is 0.239 e. The Hall–Kier alpha value is -1.99. The van der Waals surface area contributed by atoms with E-state index in [1.54, 1.807) is 0 Å². The normalized spacial score (nSPS) is 28.9. The molecule has 3 aromatic rings. The van der Waals surface area contributed by atoms with Crippen molar-refractivity contribution in [2.24, 2.45) is 11.8 Å². The van der Waals surface area contributed by atoms with Crippen molar-refractivity contribution in [2.45, 2.75) is 10.2 Å². The summed E-state index contributed by atoms with van der Waals surface area (Å²) >= 11 is 6.23. The highest BCUT2D eigenvalue weighted by atomic mass is 127. The van der Waals surface area contributed by atoms with Gasteiger partial charge in [-0.3, -0.25) is 9.59 Å². The minimum absolute atomic E-state index is 0.0974. The monoisotopic (exact) mass is 555 g/mol. The van der Waals surface area contributed by atoms with Crippen molar-refractivity contribution in [1.29, 1.82) is 0 Å². The number of hydrogen-bond acceptors (Lipinski definition) is 2. The smallest absolute Gasteiger partial charge is 0.239 e. The number of benzene rings is 3. The number of halogens is 2. The summed E-state index contributed by atoms with van der Waals surface area (Å²) in [4.78, 5) is 28.9. The van der Waals surface area contributed by atoms with Crippen molar-refractivity contribution in [3.05, 3.63) is 98.6 Å². The van der Waals surface area contributed by atoms with Crippen LogP contribution in [0.1, 0.15) is 28.2 Å². The molecule has 0 unspecified atom stereocenters. The molecule has 0 aromatic heterocycles. The summed E-state index contributed by atoms with van der Waals surface area (Å²) in [7, 11) is 0. The van der Waals surface area contributed by atoms with E-state index < -0.39 is 16.2 Å². The molecule has 29 heavy (non-hydrogen) atoms. The van der Waals surface area contributed by atoms with Gasteiger partial charge in [-0.25, -0.2) is 4.90 Å². The summed E-state index contributed by atoms with van der Waals surface area (Å²) in [6.45, 7) is 0. The highest BCUT2D eigenvalue weighted by Crippen LogP contribution is 2.66. The number of anilines is 1. The standard InChI is InChI=1S/C24H15BrINO2/c25-24-17-10-3-1-8-15(17)19(16-9-2-4-11-18(16)24)20-21(24)23(29)27(22(20)28)14-7-5-6-13(26)12-14/h1-12,19-21H/t19?,20-,21-,24?/m0/s1. The molecule has 1 fully saturated rings. The third kappa shape index (κ3) is 2.12. The fourth-order valence-corrected chi connectivity index (χ4v) is 7.28. The summed E-state index contributed by atoms with van der Waals surface area (Å²) in [5.74, 6) is -1.17. The minimum atomic E-state index is -0.691. The molecular formula is C24H15BrINO2. The molecule has 4 aliphatic rings. The highest BCUT2D eigenvalue weighted by molar-refractivity contribution is 14.1. The van der Waals surface area contributed by atoms with Gasteiger partial charge in [0, 0.05) is 9.49 Å². The van der Waals surface area contributed by atoms with Gasteiger partial charge in [-0.1, -0.05) is 70.5 Å². The zero-order chi connectivity index (χ0) is 19.9. The lowest BCUT2D eigenvalue weighted by Gasteiger charge is -2.51. The molecule has 1 aliphatic heterocycles. The third-order valence-corrected chi connectivity index (χ3v) is 8.60. The number of nitrogens with zero attached hydrogens (tertiary/aromatic N) is 1. The van der Waals surface area contributed by atoms with Gasteiger partial charge in [-0.15, -0.1) is 0 Å². The molecule has 3 aromatic carbocycles. The molecule has 2 bridgehead atoms. The SMILES string of the molecule is O=C1[C@@H]2[C@@H](C(=O)N1c1cccc(I)c1)C1c3ccccc3C2(Br)c2ccccc21. The number of alkyl halides is 1. The maximum absolute atomic E-state index is 13.7. The molecule has 1 saturated heterocycles. The van der Waals surface area contributed by atoms with Gasteiger partial charge in [0.25, 0.3) is 0 Å². The first-order chi connectivity index (χ1) is 14.0. The molecule has 0 spiro atoms. The molecule has 7 rings (SSSR count). The molecule has 2 atom stereocenters. The van der Waals surface area contributed by atoms with E-state index in [1.807, 2.05) is 48.5 Å². The van der Waals surface area contributed by atoms with Crippen LogP contribution in [-0.4, -0.2) is 11.8 Å². The van der Waals surface area contributed by atoms with Crippen molar-refractivity contribution in [3.8, 4) is 0 Å². The number of carbonyl (C=O) groups excluding carboxylic acids is 2. The van der Waals surface area contributed by atoms with E-state index >= 15 is 0 Å². The van der Waals surface area contributed by atoms with Gasteiger partial charge < -0.3 is 0 Å². The Bertz CT molecular complexity index is 1180. The third-order valence-electron chi connectivity index (χ3n) is 6.58. The van der Waals surface area contributed by atoms with Crippen LogP contribution in [0.3, 0.4) is 0 Å². The first kappa shape index (κ1) is 17.8. The second-order valence-electron chi connectivity index (χ2n) is 7.86. The second-order valence-corrected chi connectivity index (χ2v) is 10.4. The van der Waals surface area contributed by atoms with Gasteiger partial charge in [0.1, 0.15) is 0 Å². The van der Waals surface area contributed by atoms with Gasteiger partial charge in [-0.05, 0) is 63.0 Å². The highest BCUT2D eigenvalue weighted by Gasteiger charge is 2.67. The van der Waals surface area contributed by atoms with Crippen LogP contribution in [0.2, 0.25) is 0 Å². The van der Waals surface area contributed by atoms with Crippen molar-refractivity contribution in [2.75, 3.05) is 4.90 Å². The minimum Gasteiger partial charge on any atom is -0.274 e. The topological polar surface area (TPSA) is 37.4 Å². The molecular weight excluding hydrogens is 541 g/mol. The number of imide groups is 1. The average Bonchev–Trinajstić information content (AvgIpc) is 3.00. The Morgan fingerprint density at radius 2 is 1.45 bits per heavy atom. The van der Waals surface area contributed by atoms with E-state index in [0.717, 1.165) is 25.8 Å². The Morgan fingerprint density at radius 1 is 0.828 bits per heavy atom. The van der Waals surface area contributed by atoms with Gasteiger partial charge in [0.15, 0.2) is 0 Å². The number of rotatable bonds is 1. The van der Waals surface area contributed by atoms with Crippen LogP contribution in [0.25, 0.3) is 0 Å². The van der Waals surface area contributed by atoms with Crippen LogP contribution in [-0.2, 0) is 13.9 Å². The van der Waals surface area contributed by atoms with E-state index in [0.29, 0.717) is 5.69 Å². The van der Waals surface area contributed by atoms with Crippen LogP contribution in [0.4, 0.5) is 5.69 Å². The maximum atomic E-state index is 13.7.